The molecular formula is C19H19N3O6. The van der Waals surface area contributed by atoms with Gasteiger partial charge in [-0.05, 0) is 31.2 Å². The van der Waals surface area contributed by atoms with E-state index in [0.717, 1.165) is 12.0 Å². The first kappa shape index (κ1) is 19.2. The molecule has 0 fully saturated rings. The summed E-state index contributed by atoms with van der Waals surface area (Å²) < 4.78 is 16.5. The van der Waals surface area contributed by atoms with E-state index in [4.69, 9.17) is 14.2 Å². The second kappa shape index (κ2) is 8.85. The Morgan fingerprint density at radius 2 is 1.96 bits per heavy atom. The molecular weight excluding hydrogens is 366 g/mol. The van der Waals surface area contributed by atoms with E-state index < -0.39 is 17.4 Å². The summed E-state index contributed by atoms with van der Waals surface area (Å²) in [5.41, 5.74) is 3.50. The van der Waals surface area contributed by atoms with Crippen LogP contribution in [0.5, 0.6) is 17.2 Å². The van der Waals surface area contributed by atoms with Gasteiger partial charge in [0.1, 0.15) is 0 Å². The zero-order chi connectivity index (χ0) is 19.9. The molecule has 0 unspecified atom stereocenters. The number of hydrazone groups is 1. The van der Waals surface area contributed by atoms with Gasteiger partial charge in [0.25, 0.3) is 5.91 Å². The number of fused-ring (bicyclic) bond motifs is 1. The molecule has 0 saturated carbocycles. The Morgan fingerprint density at radius 1 is 1.21 bits per heavy atom. The van der Waals surface area contributed by atoms with Gasteiger partial charge in [0.2, 0.25) is 0 Å². The van der Waals surface area contributed by atoms with Crippen LogP contribution in [-0.4, -0.2) is 36.4 Å². The minimum absolute atomic E-state index is 0.0197. The maximum absolute atomic E-state index is 12.0. The van der Waals surface area contributed by atoms with Crippen LogP contribution in [0.25, 0.3) is 0 Å². The van der Waals surface area contributed by atoms with Gasteiger partial charge in [-0.3, -0.25) is 14.9 Å². The number of nitro benzene ring substituents is 1. The summed E-state index contributed by atoms with van der Waals surface area (Å²) >= 11 is 0. The highest BCUT2D eigenvalue weighted by molar-refractivity contribution is 5.99. The van der Waals surface area contributed by atoms with Crippen LogP contribution in [0, 0.1) is 10.1 Å². The molecule has 1 aliphatic heterocycles. The lowest BCUT2D eigenvalue weighted by atomic mass is 10.1. The number of hydrogen-bond acceptors (Lipinski definition) is 7. The molecule has 0 spiro atoms. The van der Waals surface area contributed by atoms with E-state index in [1.54, 1.807) is 25.1 Å². The van der Waals surface area contributed by atoms with Crippen LogP contribution >= 0.6 is 0 Å². The van der Waals surface area contributed by atoms with Crippen LogP contribution in [0.4, 0.5) is 5.69 Å². The molecule has 9 heteroatoms. The summed E-state index contributed by atoms with van der Waals surface area (Å²) in [7, 11) is 0. The van der Waals surface area contributed by atoms with Gasteiger partial charge in [0.15, 0.2) is 23.9 Å². The normalized spacial score (nSPS) is 13.4. The SMILES string of the molecule is C/C(=N/NC(=O)COc1ccccc1[N+](=O)[O-])c1ccc2c(c1)OCCCO2. The van der Waals surface area contributed by atoms with E-state index in [-0.39, 0.29) is 11.4 Å². The Balaban J connectivity index is 1.60. The van der Waals surface area contributed by atoms with E-state index >= 15 is 0 Å². The van der Waals surface area contributed by atoms with Crippen LogP contribution in [0.1, 0.15) is 18.9 Å². The van der Waals surface area contributed by atoms with Gasteiger partial charge in [-0.1, -0.05) is 12.1 Å². The van der Waals surface area contributed by atoms with Crippen molar-refractivity contribution < 1.29 is 23.9 Å². The van der Waals surface area contributed by atoms with Crippen molar-refractivity contribution in [3.63, 3.8) is 0 Å². The molecule has 28 heavy (non-hydrogen) atoms. The lowest BCUT2D eigenvalue weighted by Crippen LogP contribution is -2.25. The highest BCUT2D eigenvalue weighted by Crippen LogP contribution is 2.30. The van der Waals surface area contributed by atoms with E-state index in [2.05, 4.69) is 10.5 Å². The summed E-state index contributed by atoms with van der Waals surface area (Å²) in [5.74, 6) is 0.796. The first-order chi connectivity index (χ1) is 13.5. The topological polar surface area (TPSA) is 112 Å². The molecule has 2 aromatic rings. The van der Waals surface area contributed by atoms with Gasteiger partial charge < -0.3 is 14.2 Å². The first-order valence-corrected chi connectivity index (χ1v) is 8.64. The molecule has 1 N–H and O–H groups in total. The number of nitro groups is 1. The summed E-state index contributed by atoms with van der Waals surface area (Å²) in [5, 5.41) is 15.0. The van der Waals surface area contributed by atoms with Crippen molar-refractivity contribution in [1.29, 1.82) is 0 Å². The van der Waals surface area contributed by atoms with Crippen molar-refractivity contribution in [2.75, 3.05) is 19.8 Å². The van der Waals surface area contributed by atoms with Crippen molar-refractivity contribution in [3.8, 4) is 17.2 Å². The molecule has 0 aromatic heterocycles. The number of rotatable bonds is 6. The van der Waals surface area contributed by atoms with Crippen LogP contribution < -0.4 is 19.6 Å². The summed E-state index contributed by atoms with van der Waals surface area (Å²) in [4.78, 5) is 22.3. The third-order valence-electron chi connectivity index (χ3n) is 3.93. The first-order valence-electron chi connectivity index (χ1n) is 8.64. The van der Waals surface area contributed by atoms with Crippen LogP contribution in [0.15, 0.2) is 47.6 Å². The third-order valence-corrected chi connectivity index (χ3v) is 3.93. The van der Waals surface area contributed by atoms with E-state index in [1.165, 1.54) is 18.2 Å². The van der Waals surface area contributed by atoms with Gasteiger partial charge in [0, 0.05) is 18.1 Å². The van der Waals surface area contributed by atoms with E-state index in [1.807, 2.05) is 6.07 Å². The maximum atomic E-state index is 12.0. The number of benzene rings is 2. The molecule has 146 valence electrons. The number of carbonyl (C=O) groups is 1. The Hall–Kier alpha value is -3.62. The molecule has 0 bridgehead atoms. The molecule has 0 aliphatic carbocycles. The molecule has 9 nitrogen and oxygen atoms in total. The van der Waals surface area contributed by atoms with Crippen molar-refractivity contribution in [1.82, 2.24) is 5.43 Å². The zero-order valence-electron chi connectivity index (χ0n) is 15.2. The molecule has 1 aliphatic rings. The monoisotopic (exact) mass is 385 g/mol. The highest BCUT2D eigenvalue weighted by atomic mass is 16.6. The quantitative estimate of drug-likeness (QED) is 0.465. The fourth-order valence-corrected chi connectivity index (χ4v) is 2.50. The second-order valence-corrected chi connectivity index (χ2v) is 5.96. The fraction of sp³-hybridized carbons (Fsp3) is 0.263. The predicted octanol–water partition coefficient (Wildman–Crippen LogP) is 2.68. The lowest BCUT2D eigenvalue weighted by molar-refractivity contribution is -0.385. The van der Waals surface area contributed by atoms with Crippen molar-refractivity contribution >= 4 is 17.3 Å². The smallest absolute Gasteiger partial charge is 0.310 e. The molecule has 0 radical (unpaired) electrons. The molecule has 3 rings (SSSR count). The van der Waals surface area contributed by atoms with Gasteiger partial charge in [0.05, 0.1) is 23.8 Å². The summed E-state index contributed by atoms with van der Waals surface area (Å²) in [6.07, 6.45) is 0.812. The molecule has 1 amide bonds. The number of hydrogen-bond donors (Lipinski definition) is 1. The average molecular weight is 385 g/mol. The Morgan fingerprint density at radius 3 is 2.75 bits per heavy atom. The van der Waals surface area contributed by atoms with E-state index in [0.29, 0.717) is 30.4 Å². The van der Waals surface area contributed by atoms with Gasteiger partial charge in [-0.15, -0.1) is 0 Å². The number of amides is 1. The standard InChI is InChI=1S/C19H19N3O6/c1-13(14-7-8-17-18(11-14)27-10-4-9-26-17)20-21-19(23)12-28-16-6-3-2-5-15(16)22(24)25/h2-3,5-8,11H,4,9-10,12H2,1H3,(H,21,23)/b20-13-. The maximum Gasteiger partial charge on any atom is 0.310 e. The predicted molar refractivity (Wildman–Crippen MR) is 101 cm³/mol. The summed E-state index contributed by atoms with van der Waals surface area (Å²) in [6, 6.07) is 11.3. The largest absolute Gasteiger partial charge is 0.490 e. The Labute approximate surface area is 161 Å². The van der Waals surface area contributed by atoms with Crippen molar-refractivity contribution in [2.45, 2.75) is 13.3 Å². The molecule has 0 atom stereocenters. The summed E-state index contributed by atoms with van der Waals surface area (Å²) in [6.45, 7) is 2.52. The number of carbonyl (C=O) groups excluding carboxylic acids is 1. The number of nitrogens with zero attached hydrogens (tertiary/aromatic N) is 2. The van der Waals surface area contributed by atoms with E-state index in [9.17, 15) is 14.9 Å². The van der Waals surface area contributed by atoms with Gasteiger partial charge in [-0.25, -0.2) is 5.43 Å². The zero-order valence-corrected chi connectivity index (χ0v) is 15.2. The van der Waals surface area contributed by atoms with Crippen molar-refractivity contribution in [2.24, 2.45) is 5.10 Å². The second-order valence-electron chi connectivity index (χ2n) is 5.96. The number of para-hydroxylation sites is 2. The molecule has 2 aromatic carbocycles. The fourth-order valence-electron chi connectivity index (χ4n) is 2.50. The van der Waals surface area contributed by atoms with Crippen LogP contribution in [0.2, 0.25) is 0 Å². The van der Waals surface area contributed by atoms with Gasteiger partial charge in [-0.2, -0.15) is 5.10 Å². The van der Waals surface area contributed by atoms with Crippen LogP contribution in [-0.2, 0) is 4.79 Å². The highest BCUT2D eigenvalue weighted by Gasteiger charge is 2.15. The average Bonchev–Trinajstić information content (AvgIpc) is 2.95. The Kier molecular flexibility index (Phi) is 6.05. The van der Waals surface area contributed by atoms with Gasteiger partial charge >= 0.3 is 5.69 Å². The number of ether oxygens (including phenoxy) is 3. The van der Waals surface area contributed by atoms with Crippen LogP contribution in [0.3, 0.4) is 0 Å². The minimum atomic E-state index is -0.570. The Bertz CT molecular complexity index is 912. The molecule has 1 heterocycles. The molecule has 0 saturated heterocycles. The van der Waals surface area contributed by atoms with Crippen molar-refractivity contribution in [3.05, 3.63) is 58.1 Å². The third kappa shape index (κ3) is 4.76. The lowest BCUT2D eigenvalue weighted by Gasteiger charge is -2.09. The number of nitrogens with one attached hydrogen (secondary N) is 1. The minimum Gasteiger partial charge on any atom is -0.490 e.